The molecule has 1 aromatic carbocycles. The highest BCUT2D eigenvalue weighted by molar-refractivity contribution is 7.99. The molecule has 0 spiro atoms. The van der Waals surface area contributed by atoms with Gasteiger partial charge in [0.2, 0.25) is 0 Å². The van der Waals surface area contributed by atoms with E-state index in [0.29, 0.717) is 28.4 Å². The summed E-state index contributed by atoms with van der Waals surface area (Å²) in [5.41, 5.74) is 1.11. The van der Waals surface area contributed by atoms with E-state index in [1.54, 1.807) is 6.07 Å². The Bertz CT molecular complexity index is 643. The Balaban J connectivity index is 1.84. The van der Waals surface area contributed by atoms with Gasteiger partial charge in [-0.25, -0.2) is 0 Å². The zero-order valence-electron chi connectivity index (χ0n) is 11.0. The van der Waals surface area contributed by atoms with Gasteiger partial charge >= 0.3 is 0 Å². The van der Waals surface area contributed by atoms with Crippen LogP contribution in [0.1, 0.15) is 19.3 Å². The number of nitro benzene ring substituents is 1. The smallest absolute Gasteiger partial charge is 0.295 e. The molecule has 1 aliphatic rings. The minimum absolute atomic E-state index is 0.0280. The summed E-state index contributed by atoms with van der Waals surface area (Å²) in [4.78, 5) is 14.6. The third kappa shape index (κ3) is 2.45. The van der Waals surface area contributed by atoms with E-state index in [9.17, 15) is 10.1 Å². The molecule has 6 nitrogen and oxygen atoms in total. The fourth-order valence-electron chi connectivity index (χ4n) is 2.62. The Morgan fingerprint density at radius 2 is 2.35 bits per heavy atom. The molecule has 1 N–H and O–H groups in total. The molecule has 1 aliphatic carbocycles. The summed E-state index contributed by atoms with van der Waals surface area (Å²) in [6.07, 6.45) is 5.61. The maximum atomic E-state index is 10.7. The van der Waals surface area contributed by atoms with Gasteiger partial charge in [-0.15, -0.1) is 0 Å². The van der Waals surface area contributed by atoms with Crippen LogP contribution < -0.4 is 5.32 Å². The maximum absolute atomic E-state index is 10.7. The van der Waals surface area contributed by atoms with Crippen molar-refractivity contribution in [1.29, 1.82) is 0 Å². The summed E-state index contributed by atoms with van der Waals surface area (Å²) < 4.78 is 5.60. The molecule has 7 heteroatoms. The lowest BCUT2D eigenvalue weighted by Crippen LogP contribution is -2.25. The van der Waals surface area contributed by atoms with E-state index in [-0.39, 0.29) is 5.69 Å². The zero-order chi connectivity index (χ0) is 14.1. The van der Waals surface area contributed by atoms with Gasteiger partial charge < -0.3 is 9.73 Å². The lowest BCUT2D eigenvalue weighted by Gasteiger charge is -2.17. The molecule has 106 valence electrons. The lowest BCUT2D eigenvalue weighted by atomic mass is 10.2. The van der Waals surface area contributed by atoms with Crippen LogP contribution in [0, 0.1) is 10.1 Å². The first-order valence-electron chi connectivity index (χ1n) is 6.51. The third-order valence-corrected chi connectivity index (χ3v) is 4.82. The quantitative estimate of drug-likeness (QED) is 0.687. The van der Waals surface area contributed by atoms with Crippen LogP contribution >= 0.6 is 11.8 Å². The van der Waals surface area contributed by atoms with E-state index in [1.807, 2.05) is 11.8 Å². The molecule has 1 fully saturated rings. The van der Waals surface area contributed by atoms with Crippen molar-refractivity contribution in [3.63, 3.8) is 0 Å². The van der Waals surface area contributed by atoms with Crippen LogP contribution in [0.5, 0.6) is 0 Å². The van der Waals surface area contributed by atoms with Gasteiger partial charge in [-0.05, 0) is 25.2 Å². The van der Waals surface area contributed by atoms with E-state index in [1.165, 1.54) is 25.0 Å². The number of aromatic nitrogens is 1. The van der Waals surface area contributed by atoms with Gasteiger partial charge in [0.1, 0.15) is 5.52 Å². The summed E-state index contributed by atoms with van der Waals surface area (Å²) in [5.74, 6) is 0. The molecule has 3 rings (SSSR count). The Morgan fingerprint density at radius 3 is 3.10 bits per heavy atom. The minimum Gasteiger partial charge on any atom is -0.424 e. The van der Waals surface area contributed by atoms with E-state index >= 15 is 0 Å². The van der Waals surface area contributed by atoms with Gasteiger partial charge in [-0.1, -0.05) is 6.42 Å². The van der Waals surface area contributed by atoms with Crippen LogP contribution in [0.4, 0.5) is 11.7 Å². The molecule has 1 saturated carbocycles. The number of nitrogens with zero attached hydrogens (tertiary/aromatic N) is 2. The van der Waals surface area contributed by atoms with Gasteiger partial charge in [-0.2, -0.15) is 16.7 Å². The number of non-ortho nitro benzene ring substituents is 1. The van der Waals surface area contributed by atoms with Crippen LogP contribution in [-0.2, 0) is 0 Å². The Kier molecular flexibility index (Phi) is 3.52. The second-order valence-corrected chi connectivity index (χ2v) is 5.96. The van der Waals surface area contributed by atoms with E-state index in [4.69, 9.17) is 4.42 Å². The summed E-state index contributed by atoms with van der Waals surface area (Å²) in [7, 11) is 0. The second kappa shape index (κ2) is 5.32. The highest BCUT2D eigenvalue weighted by atomic mass is 32.2. The number of nitrogens with one attached hydrogen (secondary N) is 1. The third-order valence-electron chi connectivity index (χ3n) is 3.65. The molecule has 2 unspecified atom stereocenters. The van der Waals surface area contributed by atoms with Crippen LogP contribution in [-0.4, -0.2) is 27.5 Å². The van der Waals surface area contributed by atoms with Crippen LogP contribution in [0.3, 0.4) is 0 Å². The zero-order valence-corrected chi connectivity index (χ0v) is 11.9. The van der Waals surface area contributed by atoms with Gasteiger partial charge in [0.15, 0.2) is 5.58 Å². The van der Waals surface area contributed by atoms with Crippen LogP contribution in [0.25, 0.3) is 11.1 Å². The Hall–Kier alpha value is -1.76. The SMILES string of the molecule is CSC1CCCC1Nc1nc2cc([N+](=O)[O-])ccc2o1. The average Bonchev–Trinajstić information content (AvgIpc) is 3.03. The standard InChI is InChI=1S/C13H15N3O3S/c1-20-12-4-2-3-9(12)14-13-15-10-7-8(16(17)18)5-6-11(10)19-13/h5-7,9,12H,2-4H2,1H3,(H,14,15). The van der Waals surface area contributed by atoms with Crippen molar-refractivity contribution in [2.24, 2.45) is 0 Å². The first-order valence-corrected chi connectivity index (χ1v) is 7.80. The van der Waals surface area contributed by atoms with Crippen molar-refractivity contribution in [2.75, 3.05) is 11.6 Å². The lowest BCUT2D eigenvalue weighted by molar-refractivity contribution is -0.384. The Labute approximate surface area is 120 Å². The second-order valence-electron chi connectivity index (χ2n) is 4.88. The maximum Gasteiger partial charge on any atom is 0.295 e. The number of hydrogen-bond donors (Lipinski definition) is 1. The van der Waals surface area contributed by atoms with Gasteiger partial charge in [-0.3, -0.25) is 10.1 Å². The van der Waals surface area contributed by atoms with Crippen molar-refractivity contribution >= 4 is 34.6 Å². The number of nitro groups is 1. The molecule has 1 aromatic heterocycles. The number of hydrogen-bond acceptors (Lipinski definition) is 6. The van der Waals surface area contributed by atoms with Crippen molar-refractivity contribution in [3.05, 3.63) is 28.3 Å². The van der Waals surface area contributed by atoms with Crippen LogP contribution in [0.15, 0.2) is 22.6 Å². The topological polar surface area (TPSA) is 81.2 Å². The number of rotatable bonds is 4. The molecule has 2 aromatic rings. The van der Waals surface area contributed by atoms with E-state index in [0.717, 1.165) is 6.42 Å². The van der Waals surface area contributed by atoms with E-state index in [2.05, 4.69) is 16.6 Å². The van der Waals surface area contributed by atoms with Gasteiger partial charge in [0.25, 0.3) is 11.7 Å². The molecule has 0 aliphatic heterocycles. The minimum atomic E-state index is -0.429. The van der Waals surface area contributed by atoms with E-state index < -0.39 is 4.92 Å². The molecule has 20 heavy (non-hydrogen) atoms. The van der Waals surface area contributed by atoms with Gasteiger partial charge in [0, 0.05) is 23.4 Å². The molecule has 0 saturated heterocycles. The number of fused-ring (bicyclic) bond motifs is 1. The number of oxazole rings is 1. The molecule has 2 atom stereocenters. The molecule has 0 amide bonds. The van der Waals surface area contributed by atoms with Crippen molar-refractivity contribution < 1.29 is 9.34 Å². The normalized spacial score (nSPS) is 22.2. The Morgan fingerprint density at radius 1 is 1.50 bits per heavy atom. The molecule has 0 bridgehead atoms. The predicted molar refractivity (Wildman–Crippen MR) is 79.2 cm³/mol. The van der Waals surface area contributed by atoms with Crippen LogP contribution in [0.2, 0.25) is 0 Å². The van der Waals surface area contributed by atoms with Crippen molar-refractivity contribution in [2.45, 2.75) is 30.6 Å². The highest BCUT2D eigenvalue weighted by Gasteiger charge is 2.27. The summed E-state index contributed by atoms with van der Waals surface area (Å²) in [5, 5.41) is 14.6. The largest absolute Gasteiger partial charge is 0.424 e. The first-order chi connectivity index (χ1) is 9.67. The first kappa shape index (κ1) is 13.2. The monoisotopic (exact) mass is 293 g/mol. The number of benzene rings is 1. The fourth-order valence-corrected chi connectivity index (χ4v) is 3.56. The molecular weight excluding hydrogens is 278 g/mol. The number of anilines is 1. The number of thioether (sulfide) groups is 1. The van der Waals surface area contributed by atoms with Crippen molar-refractivity contribution in [1.82, 2.24) is 4.98 Å². The fraction of sp³-hybridized carbons (Fsp3) is 0.462. The summed E-state index contributed by atoms with van der Waals surface area (Å²) >= 11 is 1.85. The summed E-state index contributed by atoms with van der Waals surface area (Å²) in [6.45, 7) is 0. The predicted octanol–water partition coefficient (Wildman–Crippen LogP) is 3.43. The van der Waals surface area contributed by atoms with Crippen molar-refractivity contribution in [3.8, 4) is 0 Å². The average molecular weight is 293 g/mol. The molecule has 1 heterocycles. The molecular formula is C13H15N3O3S. The molecule has 0 radical (unpaired) electrons. The summed E-state index contributed by atoms with van der Waals surface area (Å²) in [6, 6.07) is 5.26. The van der Waals surface area contributed by atoms with Gasteiger partial charge in [0.05, 0.1) is 4.92 Å². The highest BCUT2D eigenvalue weighted by Crippen LogP contribution is 2.31.